The Morgan fingerprint density at radius 3 is 2.80 bits per heavy atom. The highest BCUT2D eigenvalue weighted by molar-refractivity contribution is 5.41. The monoisotopic (exact) mass is 273 g/mol. The second kappa shape index (κ2) is 5.54. The van der Waals surface area contributed by atoms with Crippen LogP contribution >= 0.6 is 0 Å². The van der Waals surface area contributed by atoms with Crippen LogP contribution in [0.25, 0.3) is 5.65 Å². The normalized spacial score (nSPS) is 19.6. The van der Waals surface area contributed by atoms with E-state index in [4.69, 9.17) is 0 Å². The van der Waals surface area contributed by atoms with Crippen LogP contribution in [0.4, 0.5) is 0 Å². The average molecular weight is 273 g/mol. The highest BCUT2D eigenvalue weighted by Crippen LogP contribution is 2.22. The molecule has 0 aromatic carbocycles. The molecule has 3 heterocycles. The first-order valence-electron chi connectivity index (χ1n) is 7.46. The zero-order valence-corrected chi connectivity index (χ0v) is 12.3. The molecular weight excluding hydrogens is 250 g/mol. The van der Waals surface area contributed by atoms with Gasteiger partial charge in [0.05, 0.1) is 18.0 Å². The van der Waals surface area contributed by atoms with Crippen LogP contribution in [-0.4, -0.2) is 38.6 Å². The summed E-state index contributed by atoms with van der Waals surface area (Å²) >= 11 is 0. The Labute approximate surface area is 120 Å². The minimum atomic E-state index is -0.171. The van der Waals surface area contributed by atoms with E-state index in [1.54, 1.807) is 0 Å². The second-order valence-corrected chi connectivity index (χ2v) is 6.04. The van der Waals surface area contributed by atoms with Gasteiger partial charge < -0.3 is 9.51 Å². The number of fused-ring (bicyclic) bond motifs is 1. The summed E-state index contributed by atoms with van der Waals surface area (Å²) in [6.45, 7) is 7.09. The van der Waals surface area contributed by atoms with Gasteiger partial charge in [-0.3, -0.25) is 4.90 Å². The summed E-state index contributed by atoms with van der Waals surface area (Å²) < 4.78 is 2.19. The molecule has 0 bridgehead atoms. The summed E-state index contributed by atoms with van der Waals surface area (Å²) in [5.41, 5.74) is 3.52. The van der Waals surface area contributed by atoms with Crippen molar-refractivity contribution in [2.75, 3.05) is 13.1 Å². The predicted octanol–water partition coefficient (Wildman–Crippen LogP) is 2.24. The van der Waals surface area contributed by atoms with E-state index in [9.17, 15) is 5.11 Å². The van der Waals surface area contributed by atoms with Crippen LogP contribution in [-0.2, 0) is 6.54 Å². The molecule has 0 spiro atoms. The van der Waals surface area contributed by atoms with Gasteiger partial charge in [0.2, 0.25) is 0 Å². The van der Waals surface area contributed by atoms with Crippen molar-refractivity contribution >= 4 is 5.65 Å². The van der Waals surface area contributed by atoms with Crippen LogP contribution in [0.15, 0.2) is 24.5 Å². The number of imidazole rings is 1. The zero-order chi connectivity index (χ0) is 14.1. The number of piperidine rings is 1. The summed E-state index contributed by atoms with van der Waals surface area (Å²) in [5, 5.41) is 9.66. The Bertz CT molecular complexity index is 582. The number of aromatic nitrogens is 2. The van der Waals surface area contributed by atoms with Crippen molar-refractivity contribution in [1.29, 1.82) is 0 Å². The van der Waals surface area contributed by atoms with E-state index in [1.165, 1.54) is 11.3 Å². The molecule has 20 heavy (non-hydrogen) atoms. The minimum Gasteiger partial charge on any atom is -0.393 e. The first-order valence-corrected chi connectivity index (χ1v) is 7.46. The molecule has 0 radical (unpaired) electrons. The summed E-state index contributed by atoms with van der Waals surface area (Å²) in [7, 11) is 0. The fraction of sp³-hybridized carbons (Fsp3) is 0.562. The summed E-state index contributed by atoms with van der Waals surface area (Å²) in [4.78, 5) is 6.93. The number of pyridine rings is 1. The highest BCUT2D eigenvalue weighted by atomic mass is 16.3. The molecule has 4 heteroatoms. The van der Waals surface area contributed by atoms with Gasteiger partial charge in [0.1, 0.15) is 5.65 Å². The van der Waals surface area contributed by atoms with Gasteiger partial charge in [-0.25, -0.2) is 4.98 Å². The largest absolute Gasteiger partial charge is 0.393 e. The van der Waals surface area contributed by atoms with E-state index in [-0.39, 0.29) is 6.10 Å². The third-order valence-corrected chi connectivity index (χ3v) is 4.43. The second-order valence-electron chi connectivity index (χ2n) is 6.04. The molecule has 0 amide bonds. The van der Waals surface area contributed by atoms with Crippen LogP contribution in [0.3, 0.4) is 0 Å². The third kappa shape index (κ3) is 2.72. The number of nitrogens with zero attached hydrogens (tertiary/aromatic N) is 3. The van der Waals surface area contributed by atoms with Gasteiger partial charge >= 0.3 is 0 Å². The molecule has 1 unspecified atom stereocenters. The van der Waals surface area contributed by atoms with Crippen molar-refractivity contribution in [2.45, 2.75) is 39.3 Å². The topological polar surface area (TPSA) is 40.8 Å². The van der Waals surface area contributed by atoms with E-state index in [2.05, 4.69) is 39.5 Å². The Morgan fingerprint density at radius 2 is 2.10 bits per heavy atom. The lowest BCUT2D eigenvalue weighted by molar-refractivity contribution is 0.0691. The molecule has 1 aliphatic heterocycles. The molecule has 1 atom stereocenters. The van der Waals surface area contributed by atoms with Crippen molar-refractivity contribution < 1.29 is 5.11 Å². The lowest BCUT2D eigenvalue weighted by Gasteiger charge is -2.33. The highest BCUT2D eigenvalue weighted by Gasteiger charge is 2.23. The fourth-order valence-corrected chi connectivity index (χ4v) is 3.08. The van der Waals surface area contributed by atoms with Gasteiger partial charge in [0, 0.05) is 12.7 Å². The number of aliphatic hydroxyl groups is 1. The molecule has 1 N–H and O–H groups in total. The first kappa shape index (κ1) is 13.6. The number of hydrogen-bond donors (Lipinski definition) is 1. The van der Waals surface area contributed by atoms with E-state index >= 15 is 0 Å². The molecule has 108 valence electrons. The van der Waals surface area contributed by atoms with Crippen LogP contribution in [0.2, 0.25) is 0 Å². The van der Waals surface area contributed by atoms with Gasteiger partial charge in [0.15, 0.2) is 0 Å². The molecule has 1 saturated heterocycles. The summed E-state index contributed by atoms with van der Waals surface area (Å²) in [6.07, 6.45) is 6.15. The molecule has 1 fully saturated rings. The van der Waals surface area contributed by atoms with Crippen molar-refractivity contribution in [3.8, 4) is 0 Å². The predicted molar refractivity (Wildman–Crippen MR) is 79.6 cm³/mol. The molecule has 2 aromatic heterocycles. The van der Waals surface area contributed by atoms with Gasteiger partial charge in [-0.1, -0.05) is 6.07 Å². The Balaban J connectivity index is 1.70. The van der Waals surface area contributed by atoms with E-state index in [0.29, 0.717) is 5.92 Å². The number of likely N-dealkylation sites (tertiary alicyclic amines) is 1. The molecular formula is C16H23N3O. The van der Waals surface area contributed by atoms with Crippen molar-refractivity contribution in [1.82, 2.24) is 14.3 Å². The number of rotatable bonds is 3. The summed E-state index contributed by atoms with van der Waals surface area (Å²) in [6, 6.07) is 4.17. The molecule has 1 aliphatic rings. The van der Waals surface area contributed by atoms with Gasteiger partial charge in [-0.2, -0.15) is 0 Å². The van der Waals surface area contributed by atoms with Gasteiger partial charge in [-0.05, 0) is 57.3 Å². The zero-order valence-electron chi connectivity index (χ0n) is 12.3. The van der Waals surface area contributed by atoms with Crippen LogP contribution in [0.1, 0.15) is 31.0 Å². The quantitative estimate of drug-likeness (QED) is 0.932. The maximum atomic E-state index is 9.66. The molecule has 2 aromatic rings. The number of hydrogen-bond acceptors (Lipinski definition) is 3. The van der Waals surface area contributed by atoms with Gasteiger partial charge in [-0.15, -0.1) is 0 Å². The first-order chi connectivity index (χ1) is 9.63. The van der Waals surface area contributed by atoms with Crippen LogP contribution in [0, 0.1) is 12.8 Å². The van der Waals surface area contributed by atoms with Crippen molar-refractivity contribution in [2.24, 2.45) is 5.92 Å². The maximum Gasteiger partial charge on any atom is 0.136 e. The fourth-order valence-electron chi connectivity index (χ4n) is 3.08. The minimum absolute atomic E-state index is 0.171. The van der Waals surface area contributed by atoms with E-state index < -0.39 is 0 Å². The SMILES string of the molecule is Cc1ccc2ncc(CN3CCC(C(C)O)CC3)n2c1. The van der Waals surface area contributed by atoms with E-state index in [0.717, 1.165) is 38.1 Å². The lowest BCUT2D eigenvalue weighted by atomic mass is 9.92. The Morgan fingerprint density at radius 1 is 1.35 bits per heavy atom. The van der Waals surface area contributed by atoms with Crippen molar-refractivity contribution in [3.63, 3.8) is 0 Å². The molecule has 0 saturated carbocycles. The lowest BCUT2D eigenvalue weighted by Crippen LogP contribution is -2.36. The molecule has 3 rings (SSSR count). The Hall–Kier alpha value is -1.39. The number of aryl methyl sites for hydroxylation is 1. The maximum absolute atomic E-state index is 9.66. The standard InChI is InChI=1S/C16H23N3O/c1-12-3-4-16-17-9-15(19(16)10-12)11-18-7-5-14(6-8-18)13(2)20/h3-4,9-10,13-14,20H,5-8,11H2,1-2H3. The Kier molecular flexibility index (Phi) is 3.76. The molecule has 4 nitrogen and oxygen atoms in total. The van der Waals surface area contributed by atoms with Crippen LogP contribution in [0.5, 0.6) is 0 Å². The summed E-state index contributed by atoms with van der Waals surface area (Å²) in [5.74, 6) is 0.468. The van der Waals surface area contributed by atoms with E-state index in [1.807, 2.05) is 13.1 Å². The van der Waals surface area contributed by atoms with Crippen LogP contribution < -0.4 is 0 Å². The van der Waals surface area contributed by atoms with Gasteiger partial charge in [0.25, 0.3) is 0 Å². The smallest absolute Gasteiger partial charge is 0.136 e. The average Bonchev–Trinajstić information content (AvgIpc) is 2.82. The molecule has 0 aliphatic carbocycles. The number of aliphatic hydroxyl groups excluding tert-OH is 1. The van der Waals surface area contributed by atoms with Crippen molar-refractivity contribution in [3.05, 3.63) is 35.8 Å². The third-order valence-electron chi connectivity index (χ3n) is 4.43.